The number of amides is 1. The summed E-state index contributed by atoms with van der Waals surface area (Å²) in [6.07, 6.45) is 3.83. The molecule has 1 aromatic rings. The topological polar surface area (TPSA) is 55.1 Å². The molecule has 0 aromatic heterocycles. The Morgan fingerprint density at radius 2 is 1.94 bits per heavy atom. The second kappa shape index (κ2) is 4.16. The van der Waals surface area contributed by atoms with Crippen molar-refractivity contribution in [1.82, 2.24) is 0 Å². The quantitative estimate of drug-likeness (QED) is 0.817. The van der Waals surface area contributed by atoms with Gasteiger partial charge in [-0.05, 0) is 31.4 Å². The summed E-state index contributed by atoms with van der Waals surface area (Å²) < 4.78 is 0. The first-order valence-corrected chi connectivity index (χ1v) is 5.78. The highest BCUT2D eigenvalue weighted by Crippen LogP contribution is 2.33. The average molecular weight is 218 g/mol. The molecule has 1 fully saturated rings. The maximum absolute atomic E-state index is 11.6. The largest absolute Gasteiger partial charge is 0.371 e. The Labute approximate surface area is 96.0 Å². The lowest BCUT2D eigenvalue weighted by molar-refractivity contribution is -0.122. The zero-order valence-electron chi connectivity index (χ0n) is 9.62. The minimum absolute atomic E-state index is 0.228. The van der Waals surface area contributed by atoms with Crippen LogP contribution in [-0.2, 0) is 4.79 Å². The number of aryl methyl sites for hydroxylation is 1. The molecule has 1 saturated carbocycles. The highest BCUT2D eigenvalue weighted by atomic mass is 16.1. The molecular formula is C13H18N2O. The van der Waals surface area contributed by atoms with Gasteiger partial charge in [0, 0.05) is 5.69 Å². The molecule has 1 aromatic carbocycles. The molecule has 0 unspecified atom stereocenters. The fourth-order valence-corrected chi connectivity index (χ4v) is 2.38. The van der Waals surface area contributed by atoms with Crippen LogP contribution in [0.3, 0.4) is 0 Å². The number of hydrogen-bond donors (Lipinski definition) is 2. The highest BCUT2D eigenvalue weighted by molar-refractivity contribution is 5.88. The number of hydrogen-bond acceptors (Lipinski definition) is 2. The Morgan fingerprint density at radius 3 is 2.50 bits per heavy atom. The first kappa shape index (κ1) is 11.0. The number of para-hydroxylation sites is 1. The first-order chi connectivity index (χ1) is 7.64. The van der Waals surface area contributed by atoms with Crippen molar-refractivity contribution in [2.75, 3.05) is 5.32 Å². The Balaban J connectivity index is 2.25. The summed E-state index contributed by atoms with van der Waals surface area (Å²) in [7, 11) is 0. The monoisotopic (exact) mass is 218 g/mol. The van der Waals surface area contributed by atoms with E-state index in [2.05, 4.69) is 5.32 Å². The van der Waals surface area contributed by atoms with E-state index in [4.69, 9.17) is 5.73 Å². The van der Waals surface area contributed by atoms with Crippen LogP contribution in [-0.4, -0.2) is 11.4 Å². The Morgan fingerprint density at radius 1 is 1.31 bits per heavy atom. The predicted molar refractivity (Wildman–Crippen MR) is 65.2 cm³/mol. The summed E-state index contributed by atoms with van der Waals surface area (Å²) in [6.45, 7) is 2.03. The number of nitrogens with two attached hydrogens (primary N) is 1. The molecule has 0 saturated heterocycles. The van der Waals surface area contributed by atoms with E-state index >= 15 is 0 Å². The zero-order valence-corrected chi connectivity index (χ0v) is 9.62. The molecule has 1 aliphatic rings. The Kier molecular flexibility index (Phi) is 2.86. The van der Waals surface area contributed by atoms with Gasteiger partial charge in [0.05, 0.1) is 0 Å². The Hall–Kier alpha value is -1.51. The third kappa shape index (κ3) is 1.90. The molecule has 0 radical (unpaired) electrons. The minimum Gasteiger partial charge on any atom is -0.371 e. The van der Waals surface area contributed by atoms with E-state index in [1.807, 2.05) is 31.2 Å². The highest BCUT2D eigenvalue weighted by Gasteiger charge is 2.39. The van der Waals surface area contributed by atoms with Crippen molar-refractivity contribution in [3.63, 3.8) is 0 Å². The third-order valence-corrected chi connectivity index (χ3v) is 3.45. The van der Waals surface area contributed by atoms with Gasteiger partial charge in [-0.3, -0.25) is 4.79 Å². The number of carbonyl (C=O) groups is 1. The fourth-order valence-electron chi connectivity index (χ4n) is 2.38. The standard InChI is InChI=1S/C13H18N2O/c1-10-6-2-3-7-11(10)15-13(12(14)16)8-4-5-9-13/h2-3,6-7,15H,4-5,8-9H2,1H3,(H2,14,16). The smallest absolute Gasteiger partial charge is 0.243 e. The van der Waals surface area contributed by atoms with Crippen LogP contribution >= 0.6 is 0 Å². The van der Waals surface area contributed by atoms with Gasteiger partial charge in [0.2, 0.25) is 5.91 Å². The summed E-state index contributed by atoms with van der Waals surface area (Å²) in [5.74, 6) is -0.228. The fraction of sp³-hybridized carbons (Fsp3) is 0.462. The second-order valence-electron chi connectivity index (χ2n) is 4.59. The molecule has 0 atom stereocenters. The minimum atomic E-state index is -0.522. The number of rotatable bonds is 3. The number of benzene rings is 1. The van der Waals surface area contributed by atoms with Crippen molar-refractivity contribution < 1.29 is 4.79 Å². The van der Waals surface area contributed by atoms with Crippen molar-refractivity contribution >= 4 is 11.6 Å². The van der Waals surface area contributed by atoms with Gasteiger partial charge in [0.1, 0.15) is 5.54 Å². The van der Waals surface area contributed by atoms with Crippen LogP contribution < -0.4 is 11.1 Å². The molecule has 0 heterocycles. The van der Waals surface area contributed by atoms with Crippen LogP contribution in [0.25, 0.3) is 0 Å². The van der Waals surface area contributed by atoms with Crippen LogP contribution in [0.5, 0.6) is 0 Å². The lowest BCUT2D eigenvalue weighted by Crippen LogP contribution is -2.48. The molecule has 3 N–H and O–H groups in total. The summed E-state index contributed by atoms with van der Waals surface area (Å²) in [5.41, 5.74) is 7.17. The van der Waals surface area contributed by atoms with Gasteiger partial charge in [-0.1, -0.05) is 31.0 Å². The number of anilines is 1. The van der Waals surface area contributed by atoms with E-state index in [-0.39, 0.29) is 5.91 Å². The Bertz CT molecular complexity index is 395. The summed E-state index contributed by atoms with van der Waals surface area (Å²) in [4.78, 5) is 11.6. The van der Waals surface area contributed by atoms with Gasteiger partial charge in [-0.2, -0.15) is 0 Å². The first-order valence-electron chi connectivity index (χ1n) is 5.78. The molecule has 2 rings (SSSR count). The van der Waals surface area contributed by atoms with Gasteiger partial charge < -0.3 is 11.1 Å². The van der Waals surface area contributed by atoms with Crippen LogP contribution in [0.2, 0.25) is 0 Å². The maximum Gasteiger partial charge on any atom is 0.243 e. The normalized spacial score (nSPS) is 18.3. The molecule has 86 valence electrons. The van der Waals surface area contributed by atoms with E-state index in [1.165, 1.54) is 0 Å². The molecule has 0 bridgehead atoms. The van der Waals surface area contributed by atoms with Crippen LogP contribution in [0.1, 0.15) is 31.2 Å². The molecule has 16 heavy (non-hydrogen) atoms. The molecule has 3 nitrogen and oxygen atoms in total. The van der Waals surface area contributed by atoms with Crippen molar-refractivity contribution in [2.45, 2.75) is 38.1 Å². The van der Waals surface area contributed by atoms with E-state index < -0.39 is 5.54 Å². The molecule has 0 spiro atoms. The number of nitrogens with one attached hydrogen (secondary N) is 1. The van der Waals surface area contributed by atoms with Gasteiger partial charge in [0.25, 0.3) is 0 Å². The van der Waals surface area contributed by atoms with Crippen LogP contribution in [0.4, 0.5) is 5.69 Å². The van der Waals surface area contributed by atoms with E-state index in [9.17, 15) is 4.79 Å². The molecule has 0 aliphatic heterocycles. The SMILES string of the molecule is Cc1ccccc1NC1(C(N)=O)CCCC1. The van der Waals surface area contributed by atoms with E-state index in [0.717, 1.165) is 36.9 Å². The second-order valence-corrected chi connectivity index (χ2v) is 4.59. The van der Waals surface area contributed by atoms with Crippen molar-refractivity contribution in [2.24, 2.45) is 5.73 Å². The lowest BCUT2D eigenvalue weighted by atomic mass is 9.95. The van der Waals surface area contributed by atoms with Crippen molar-refractivity contribution in [3.05, 3.63) is 29.8 Å². The molecule has 3 heteroatoms. The van der Waals surface area contributed by atoms with E-state index in [0.29, 0.717) is 0 Å². The van der Waals surface area contributed by atoms with Gasteiger partial charge in [-0.25, -0.2) is 0 Å². The molecule has 1 aliphatic carbocycles. The van der Waals surface area contributed by atoms with Gasteiger partial charge in [-0.15, -0.1) is 0 Å². The summed E-state index contributed by atoms with van der Waals surface area (Å²) >= 11 is 0. The zero-order chi connectivity index (χ0) is 11.6. The number of carbonyl (C=O) groups excluding carboxylic acids is 1. The van der Waals surface area contributed by atoms with Gasteiger partial charge in [0.15, 0.2) is 0 Å². The van der Waals surface area contributed by atoms with Gasteiger partial charge >= 0.3 is 0 Å². The maximum atomic E-state index is 11.6. The predicted octanol–water partition coefficient (Wildman–Crippen LogP) is 2.21. The van der Waals surface area contributed by atoms with Crippen molar-refractivity contribution in [1.29, 1.82) is 0 Å². The lowest BCUT2D eigenvalue weighted by Gasteiger charge is -2.28. The van der Waals surface area contributed by atoms with Crippen LogP contribution in [0.15, 0.2) is 24.3 Å². The molecule has 1 amide bonds. The average Bonchev–Trinajstić information content (AvgIpc) is 2.71. The third-order valence-electron chi connectivity index (χ3n) is 3.45. The molecular weight excluding hydrogens is 200 g/mol. The van der Waals surface area contributed by atoms with E-state index in [1.54, 1.807) is 0 Å². The van der Waals surface area contributed by atoms with Crippen LogP contribution in [0, 0.1) is 6.92 Å². The summed E-state index contributed by atoms with van der Waals surface area (Å²) in [6, 6.07) is 8.00. The summed E-state index contributed by atoms with van der Waals surface area (Å²) in [5, 5.41) is 3.35. The van der Waals surface area contributed by atoms with Crippen molar-refractivity contribution in [3.8, 4) is 0 Å². The number of primary amides is 1.